The molecular weight excluding hydrogens is 424 g/mol. The number of esters is 2. The standard InChI is InChI=1S/C26H40O7/c1-17(12-13-32-19(3)27)6-8-21-18(2)7-9-22-25(4,14-20(28)15-26(21,22)5)16-33-24(31)11-10-23(29)30/h7,12,20-22,28H,6,8-11,13-16H2,1-5H3,(H,29,30)/b17-12+/t20-,21-,22-,25+,26+/m0/s1. The molecule has 0 unspecified atom stereocenters. The van der Waals surface area contributed by atoms with E-state index in [4.69, 9.17) is 14.6 Å². The molecule has 0 radical (unpaired) electrons. The number of aliphatic carboxylic acids is 1. The average Bonchev–Trinajstić information content (AvgIpc) is 2.69. The number of carbonyl (C=O) groups is 3. The van der Waals surface area contributed by atoms with Crippen molar-refractivity contribution in [3.05, 3.63) is 23.3 Å². The predicted octanol–water partition coefficient (Wildman–Crippen LogP) is 4.43. The SMILES string of the molecule is CC(=O)OC/C=C(\C)CC[C@H]1C(C)=CC[C@H]2[C@@](C)(COC(=O)CCC(=O)O)C[C@H](O)C[C@]12C. The smallest absolute Gasteiger partial charge is 0.306 e. The molecule has 2 N–H and O–H groups in total. The second kappa shape index (κ2) is 11.3. The van der Waals surface area contributed by atoms with Gasteiger partial charge >= 0.3 is 17.9 Å². The maximum Gasteiger partial charge on any atom is 0.306 e. The van der Waals surface area contributed by atoms with Gasteiger partial charge in [-0.15, -0.1) is 0 Å². The molecule has 0 saturated heterocycles. The molecule has 0 aromatic heterocycles. The minimum absolute atomic E-state index is 0.142. The van der Waals surface area contributed by atoms with Crippen molar-refractivity contribution in [1.29, 1.82) is 0 Å². The maximum absolute atomic E-state index is 12.1. The van der Waals surface area contributed by atoms with Crippen LogP contribution < -0.4 is 0 Å². The number of fused-ring (bicyclic) bond motifs is 1. The Morgan fingerprint density at radius 3 is 2.45 bits per heavy atom. The highest BCUT2D eigenvalue weighted by Crippen LogP contribution is 2.60. The summed E-state index contributed by atoms with van der Waals surface area (Å²) < 4.78 is 10.5. The molecule has 186 valence electrons. The first-order valence-corrected chi connectivity index (χ1v) is 11.9. The second-order valence-corrected chi connectivity index (χ2v) is 10.5. The number of hydrogen-bond acceptors (Lipinski definition) is 6. The van der Waals surface area contributed by atoms with E-state index < -0.39 is 18.0 Å². The summed E-state index contributed by atoms with van der Waals surface area (Å²) in [5.74, 6) is -1.30. The lowest BCUT2D eigenvalue weighted by atomic mass is 9.47. The van der Waals surface area contributed by atoms with Crippen molar-refractivity contribution in [2.24, 2.45) is 22.7 Å². The molecule has 2 rings (SSSR count). The highest BCUT2D eigenvalue weighted by molar-refractivity contribution is 5.76. The molecule has 0 bridgehead atoms. The number of ether oxygens (including phenoxy) is 2. The van der Waals surface area contributed by atoms with Gasteiger partial charge in [0.25, 0.3) is 0 Å². The Kier molecular flexibility index (Phi) is 9.29. The van der Waals surface area contributed by atoms with Gasteiger partial charge in [0.2, 0.25) is 0 Å². The average molecular weight is 465 g/mol. The zero-order valence-electron chi connectivity index (χ0n) is 20.7. The van der Waals surface area contributed by atoms with Gasteiger partial charge in [0, 0.05) is 12.3 Å². The zero-order chi connectivity index (χ0) is 24.8. The number of carbonyl (C=O) groups excluding carboxylic acids is 2. The predicted molar refractivity (Wildman–Crippen MR) is 124 cm³/mol. The Bertz CT molecular complexity index is 798. The molecule has 0 heterocycles. The van der Waals surface area contributed by atoms with E-state index in [1.807, 2.05) is 13.0 Å². The molecule has 5 atom stereocenters. The Morgan fingerprint density at radius 1 is 1.12 bits per heavy atom. The highest BCUT2D eigenvalue weighted by atomic mass is 16.5. The number of aliphatic hydroxyl groups is 1. The van der Waals surface area contributed by atoms with Gasteiger partial charge in [-0.25, -0.2) is 0 Å². The number of carboxylic acid groups (broad SMARTS) is 1. The van der Waals surface area contributed by atoms with Gasteiger partial charge in [-0.2, -0.15) is 0 Å². The summed E-state index contributed by atoms with van der Waals surface area (Å²) in [4.78, 5) is 33.8. The van der Waals surface area contributed by atoms with Crippen LogP contribution in [0.5, 0.6) is 0 Å². The summed E-state index contributed by atoms with van der Waals surface area (Å²) in [5, 5.41) is 19.6. The first-order chi connectivity index (χ1) is 15.4. The van der Waals surface area contributed by atoms with Crippen LogP contribution >= 0.6 is 0 Å². The summed E-state index contributed by atoms with van der Waals surface area (Å²) in [6.07, 6.45) is 7.29. The van der Waals surface area contributed by atoms with Gasteiger partial charge in [-0.3, -0.25) is 14.4 Å². The third-order valence-electron chi connectivity index (χ3n) is 7.69. The molecule has 0 spiro atoms. The van der Waals surface area contributed by atoms with E-state index in [0.29, 0.717) is 12.8 Å². The van der Waals surface area contributed by atoms with Gasteiger partial charge in [0.15, 0.2) is 0 Å². The third-order valence-corrected chi connectivity index (χ3v) is 7.69. The second-order valence-electron chi connectivity index (χ2n) is 10.5. The fourth-order valence-corrected chi connectivity index (χ4v) is 6.12. The fraction of sp³-hybridized carbons (Fsp3) is 0.731. The number of hydrogen-bond donors (Lipinski definition) is 2. The van der Waals surface area contributed by atoms with E-state index in [9.17, 15) is 19.5 Å². The van der Waals surface area contributed by atoms with Crippen molar-refractivity contribution in [3.8, 4) is 0 Å². The van der Waals surface area contributed by atoms with Crippen LogP contribution in [0, 0.1) is 22.7 Å². The lowest BCUT2D eigenvalue weighted by Crippen LogP contribution is -2.55. The Morgan fingerprint density at radius 2 is 1.82 bits per heavy atom. The normalized spacial score (nSPS) is 31.9. The van der Waals surface area contributed by atoms with Crippen molar-refractivity contribution in [2.45, 2.75) is 85.7 Å². The van der Waals surface area contributed by atoms with Crippen LogP contribution in [0.2, 0.25) is 0 Å². The van der Waals surface area contributed by atoms with E-state index in [1.165, 1.54) is 18.1 Å². The van der Waals surface area contributed by atoms with E-state index in [2.05, 4.69) is 26.8 Å². The number of aliphatic hydroxyl groups excluding tert-OH is 1. The van der Waals surface area contributed by atoms with Crippen molar-refractivity contribution < 1.29 is 34.1 Å². The largest absolute Gasteiger partial charge is 0.481 e. The molecule has 1 fully saturated rings. The first-order valence-electron chi connectivity index (χ1n) is 11.9. The Hall–Kier alpha value is -2.15. The fourth-order valence-electron chi connectivity index (χ4n) is 6.12. The molecule has 0 amide bonds. The molecule has 7 heteroatoms. The van der Waals surface area contributed by atoms with Gasteiger partial charge in [0.1, 0.15) is 6.61 Å². The quantitative estimate of drug-likeness (QED) is 0.363. The summed E-state index contributed by atoms with van der Waals surface area (Å²) >= 11 is 0. The molecule has 0 aromatic rings. The van der Waals surface area contributed by atoms with E-state index in [1.54, 1.807) is 0 Å². The van der Waals surface area contributed by atoms with Crippen molar-refractivity contribution in [3.63, 3.8) is 0 Å². The van der Waals surface area contributed by atoms with Crippen LogP contribution in [0.3, 0.4) is 0 Å². The summed E-state index contributed by atoms with van der Waals surface area (Å²) in [7, 11) is 0. The lowest BCUT2D eigenvalue weighted by molar-refractivity contribution is -0.162. The maximum atomic E-state index is 12.1. The van der Waals surface area contributed by atoms with Crippen molar-refractivity contribution in [2.75, 3.05) is 13.2 Å². The third kappa shape index (κ3) is 7.16. The van der Waals surface area contributed by atoms with E-state index in [-0.39, 0.29) is 54.7 Å². The van der Waals surface area contributed by atoms with Crippen molar-refractivity contribution >= 4 is 17.9 Å². The first kappa shape index (κ1) is 27.1. The van der Waals surface area contributed by atoms with Crippen LogP contribution in [-0.4, -0.2) is 47.4 Å². The lowest BCUT2D eigenvalue weighted by Gasteiger charge is -2.58. The van der Waals surface area contributed by atoms with E-state index in [0.717, 1.165) is 19.3 Å². The molecule has 33 heavy (non-hydrogen) atoms. The number of carboxylic acids is 1. The summed E-state index contributed by atoms with van der Waals surface area (Å²) in [6, 6.07) is 0. The molecule has 0 aliphatic heterocycles. The van der Waals surface area contributed by atoms with Gasteiger partial charge in [-0.1, -0.05) is 31.1 Å². The van der Waals surface area contributed by atoms with Crippen LogP contribution in [0.1, 0.15) is 79.6 Å². The van der Waals surface area contributed by atoms with Gasteiger partial charge in [0.05, 0.1) is 25.6 Å². The molecular formula is C26H40O7. The van der Waals surface area contributed by atoms with Gasteiger partial charge in [-0.05, 0) is 69.3 Å². The van der Waals surface area contributed by atoms with Gasteiger partial charge < -0.3 is 19.7 Å². The molecule has 0 aromatic carbocycles. The minimum atomic E-state index is -1.02. The minimum Gasteiger partial charge on any atom is -0.481 e. The molecule has 2 aliphatic carbocycles. The summed E-state index contributed by atoms with van der Waals surface area (Å²) in [5.41, 5.74) is 1.97. The van der Waals surface area contributed by atoms with Crippen LogP contribution in [0.25, 0.3) is 0 Å². The zero-order valence-corrected chi connectivity index (χ0v) is 20.7. The Labute approximate surface area is 197 Å². The monoisotopic (exact) mass is 464 g/mol. The van der Waals surface area contributed by atoms with Crippen LogP contribution in [0.4, 0.5) is 0 Å². The Balaban J connectivity index is 2.13. The number of rotatable bonds is 10. The van der Waals surface area contributed by atoms with Crippen LogP contribution in [0.15, 0.2) is 23.3 Å². The molecule has 7 nitrogen and oxygen atoms in total. The topological polar surface area (TPSA) is 110 Å². The van der Waals surface area contributed by atoms with Crippen molar-refractivity contribution in [1.82, 2.24) is 0 Å². The van der Waals surface area contributed by atoms with E-state index >= 15 is 0 Å². The number of allylic oxidation sites excluding steroid dienone is 3. The molecule has 1 saturated carbocycles. The molecule has 2 aliphatic rings. The highest BCUT2D eigenvalue weighted by Gasteiger charge is 2.56. The van der Waals surface area contributed by atoms with Crippen LogP contribution in [-0.2, 0) is 23.9 Å². The summed E-state index contributed by atoms with van der Waals surface area (Å²) in [6.45, 7) is 10.4.